The summed E-state index contributed by atoms with van der Waals surface area (Å²) in [6.07, 6.45) is -0.149. The molecule has 1 amide bonds. The van der Waals surface area contributed by atoms with Crippen LogP contribution < -0.4 is 5.32 Å². The number of hydrogen-bond acceptors (Lipinski definition) is 9. The van der Waals surface area contributed by atoms with Crippen molar-refractivity contribution in [3.8, 4) is 5.75 Å². The minimum absolute atomic E-state index is 0.0799. The van der Waals surface area contributed by atoms with E-state index in [1.54, 1.807) is 24.3 Å². The molecular formula is C20H15N3O6S2. The number of amides is 1. The first-order valence-electron chi connectivity index (χ1n) is 8.98. The molecule has 0 fully saturated rings. The molecule has 1 aromatic heterocycles. The Morgan fingerprint density at radius 2 is 2.10 bits per heavy atom. The van der Waals surface area contributed by atoms with E-state index in [0.717, 1.165) is 4.70 Å². The Labute approximate surface area is 183 Å². The summed E-state index contributed by atoms with van der Waals surface area (Å²) < 4.78 is 6.02. The Kier molecular flexibility index (Phi) is 5.87. The first kappa shape index (κ1) is 20.8. The van der Waals surface area contributed by atoms with E-state index < -0.39 is 18.1 Å². The number of hydrogen-bond donors (Lipinski definition) is 3. The van der Waals surface area contributed by atoms with E-state index >= 15 is 0 Å². The van der Waals surface area contributed by atoms with E-state index in [0.29, 0.717) is 38.9 Å². The van der Waals surface area contributed by atoms with E-state index in [-0.39, 0.29) is 17.9 Å². The maximum atomic E-state index is 12.1. The van der Waals surface area contributed by atoms with Crippen molar-refractivity contribution >= 4 is 62.4 Å². The molecule has 2 heterocycles. The quantitative estimate of drug-likeness (QED) is 0.478. The number of aliphatic carboxylic acids is 1. The molecule has 0 bridgehead atoms. The highest BCUT2D eigenvalue weighted by molar-refractivity contribution is 8.15. The predicted octanol–water partition coefficient (Wildman–Crippen LogP) is 3.51. The number of phenols is 1. The number of carbonyl (C=O) groups excluding carboxylic acids is 2. The average molecular weight is 457 g/mol. The van der Waals surface area contributed by atoms with Crippen molar-refractivity contribution in [2.75, 3.05) is 11.1 Å². The van der Waals surface area contributed by atoms with Gasteiger partial charge in [-0.3, -0.25) is 15.1 Å². The summed E-state index contributed by atoms with van der Waals surface area (Å²) in [4.78, 5) is 42.6. The number of anilines is 1. The molecular weight excluding hydrogens is 442 g/mol. The number of rotatable bonds is 6. The summed E-state index contributed by atoms with van der Waals surface area (Å²) in [5, 5.41) is 22.6. The molecule has 9 nitrogen and oxygen atoms in total. The van der Waals surface area contributed by atoms with Crippen LogP contribution in [0.5, 0.6) is 5.75 Å². The number of thiazole rings is 1. The van der Waals surface area contributed by atoms with Gasteiger partial charge in [0, 0.05) is 11.4 Å². The second kappa shape index (κ2) is 8.74. The van der Waals surface area contributed by atoms with Crippen molar-refractivity contribution in [1.29, 1.82) is 0 Å². The minimum Gasteiger partial charge on any atom is -0.507 e. The molecule has 158 valence electrons. The number of aldehydes is 1. The van der Waals surface area contributed by atoms with Crippen LogP contribution in [0.15, 0.2) is 41.4 Å². The van der Waals surface area contributed by atoms with Crippen molar-refractivity contribution in [2.24, 2.45) is 4.99 Å². The largest absolute Gasteiger partial charge is 0.507 e. The third-order valence-electron chi connectivity index (χ3n) is 4.34. The van der Waals surface area contributed by atoms with Crippen LogP contribution in [0.2, 0.25) is 0 Å². The summed E-state index contributed by atoms with van der Waals surface area (Å²) in [6, 6.07) is 8.83. The number of carboxylic acid groups (broad SMARTS) is 1. The fourth-order valence-corrected chi connectivity index (χ4v) is 4.84. The summed E-state index contributed by atoms with van der Waals surface area (Å²) >= 11 is 2.76. The Bertz CT molecular complexity index is 1220. The summed E-state index contributed by atoms with van der Waals surface area (Å²) in [7, 11) is 0. The monoisotopic (exact) mass is 457 g/mol. The van der Waals surface area contributed by atoms with Crippen LogP contribution in [-0.2, 0) is 16.1 Å². The SMILES string of the molecule is O=Cc1ccc(COC(=O)Nc2ccc3sc(C4=NC(C(=O)O)CS4)nc3c2)cc1O. The number of aromatic nitrogens is 1. The van der Waals surface area contributed by atoms with Gasteiger partial charge in [0.05, 0.1) is 15.8 Å². The lowest BCUT2D eigenvalue weighted by molar-refractivity contribution is -0.137. The van der Waals surface area contributed by atoms with Gasteiger partial charge in [-0.05, 0) is 35.9 Å². The van der Waals surface area contributed by atoms with E-state index in [4.69, 9.17) is 9.84 Å². The predicted molar refractivity (Wildman–Crippen MR) is 117 cm³/mol. The molecule has 0 spiro atoms. The van der Waals surface area contributed by atoms with Crippen molar-refractivity contribution < 1.29 is 29.3 Å². The van der Waals surface area contributed by atoms with Gasteiger partial charge in [-0.1, -0.05) is 6.07 Å². The van der Waals surface area contributed by atoms with Gasteiger partial charge in [0.2, 0.25) is 0 Å². The normalized spacial score (nSPS) is 15.5. The standard InChI is InChI=1S/C20H15N3O6S2/c24-7-11-2-1-10(5-15(11)25)8-29-20(28)21-12-3-4-16-13(6-12)22-18(31-16)17-23-14(9-30-17)19(26)27/h1-7,14,25H,8-9H2,(H,21,28)(H,26,27). The summed E-state index contributed by atoms with van der Waals surface area (Å²) in [5.74, 6) is -0.751. The third kappa shape index (κ3) is 4.67. The number of carboxylic acids is 1. The van der Waals surface area contributed by atoms with Gasteiger partial charge in [0.1, 0.15) is 22.4 Å². The number of benzene rings is 2. The number of ether oxygens (including phenoxy) is 1. The maximum Gasteiger partial charge on any atom is 0.411 e. The van der Waals surface area contributed by atoms with Crippen LogP contribution in [-0.4, -0.2) is 50.4 Å². The molecule has 3 N–H and O–H groups in total. The number of aliphatic imine (C=N–C) groups is 1. The number of phenolic OH excluding ortho intramolecular Hbond substituents is 1. The first-order chi connectivity index (χ1) is 14.9. The number of carbonyl (C=O) groups is 3. The number of nitrogens with zero attached hydrogens (tertiary/aromatic N) is 2. The van der Waals surface area contributed by atoms with Crippen LogP contribution in [0.1, 0.15) is 20.9 Å². The van der Waals surface area contributed by atoms with Crippen molar-refractivity contribution in [3.05, 3.63) is 52.5 Å². The molecule has 11 heteroatoms. The zero-order chi connectivity index (χ0) is 22.0. The van der Waals surface area contributed by atoms with Crippen LogP contribution >= 0.6 is 23.1 Å². The van der Waals surface area contributed by atoms with E-state index in [1.807, 2.05) is 0 Å². The maximum absolute atomic E-state index is 12.1. The Balaban J connectivity index is 1.41. The van der Waals surface area contributed by atoms with Gasteiger partial charge < -0.3 is 14.9 Å². The zero-order valence-corrected chi connectivity index (χ0v) is 17.4. The molecule has 0 radical (unpaired) electrons. The van der Waals surface area contributed by atoms with Crippen LogP contribution in [0.4, 0.5) is 10.5 Å². The molecule has 4 rings (SSSR count). The lowest BCUT2D eigenvalue weighted by Crippen LogP contribution is -2.17. The van der Waals surface area contributed by atoms with E-state index in [1.165, 1.54) is 35.2 Å². The van der Waals surface area contributed by atoms with Crippen LogP contribution in [0.3, 0.4) is 0 Å². The number of aromatic hydroxyl groups is 1. The fourth-order valence-electron chi connectivity index (χ4n) is 2.80. The van der Waals surface area contributed by atoms with Gasteiger partial charge in [-0.15, -0.1) is 23.1 Å². The highest BCUT2D eigenvalue weighted by atomic mass is 32.2. The molecule has 1 unspecified atom stereocenters. The van der Waals surface area contributed by atoms with Crippen LogP contribution in [0, 0.1) is 0 Å². The fraction of sp³-hybridized carbons (Fsp3) is 0.150. The van der Waals surface area contributed by atoms with Crippen molar-refractivity contribution in [2.45, 2.75) is 12.6 Å². The second-order valence-corrected chi connectivity index (χ2v) is 8.55. The molecule has 31 heavy (non-hydrogen) atoms. The number of nitrogens with one attached hydrogen (secondary N) is 1. The molecule has 0 saturated carbocycles. The Hall–Kier alpha value is -3.44. The summed E-state index contributed by atoms with van der Waals surface area (Å²) in [6.45, 7) is -0.0799. The lowest BCUT2D eigenvalue weighted by Gasteiger charge is -2.08. The number of fused-ring (bicyclic) bond motifs is 1. The molecule has 0 aliphatic carbocycles. The highest BCUT2D eigenvalue weighted by Crippen LogP contribution is 2.31. The average Bonchev–Trinajstić information content (AvgIpc) is 3.39. The molecule has 1 aliphatic rings. The smallest absolute Gasteiger partial charge is 0.411 e. The van der Waals surface area contributed by atoms with Crippen molar-refractivity contribution in [3.63, 3.8) is 0 Å². The Morgan fingerprint density at radius 3 is 2.81 bits per heavy atom. The zero-order valence-electron chi connectivity index (χ0n) is 15.8. The molecule has 3 aromatic rings. The minimum atomic E-state index is -0.955. The molecule has 1 atom stereocenters. The highest BCUT2D eigenvalue weighted by Gasteiger charge is 2.26. The molecule has 2 aromatic carbocycles. The van der Waals surface area contributed by atoms with Gasteiger partial charge in [0.25, 0.3) is 0 Å². The topological polar surface area (TPSA) is 138 Å². The lowest BCUT2D eigenvalue weighted by atomic mass is 10.1. The molecule has 1 aliphatic heterocycles. The van der Waals surface area contributed by atoms with Gasteiger partial charge in [0.15, 0.2) is 12.3 Å². The van der Waals surface area contributed by atoms with Gasteiger partial charge in [-0.2, -0.15) is 0 Å². The van der Waals surface area contributed by atoms with Crippen LogP contribution in [0.25, 0.3) is 10.2 Å². The number of thioether (sulfide) groups is 1. The second-order valence-electron chi connectivity index (χ2n) is 6.51. The van der Waals surface area contributed by atoms with Crippen molar-refractivity contribution in [1.82, 2.24) is 4.98 Å². The first-order valence-corrected chi connectivity index (χ1v) is 10.8. The van der Waals surface area contributed by atoms with Gasteiger partial charge >= 0.3 is 12.1 Å². The molecule has 0 saturated heterocycles. The van der Waals surface area contributed by atoms with E-state index in [9.17, 15) is 19.5 Å². The van der Waals surface area contributed by atoms with Gasteiger partial charge in [-0.25, -0.2) is 14.6 Å². The summed E-state index contributed by atoms with van der Waals surface area (Å²) in [5.41, 5.74) is 1.82. The third-order valence-corrected chi connectivity index (χ3v) is 6.57. The Morgan fingerprint density at radius 1 is 1.26 bits per heavy atom. The van der Waals surface area contributed by atoms with E-state index in [2.05, 4.69) is 15.3 Å².